The van der Waals surface area contributed by atoms with Gasteiger partial charge in [-0.3, -0.25) is 24.0 Å². The van der Waals surface area contributed by atoms with Crippen LogP contribution in [-0.2, 0) is 25.4 Å². The van der Waals surface area contributed by atoms with Gasteiger partial charge < -0.3 is 14.4 Å². The molecule has 1 aliphatic heterocycles. The minimum absolute atomic E-state index is 0.0972. The predicted molar refractivity (Wildman–Crippen MR) is 120 cm³/mol. The number of rotatable bonds is 3. The lowest BCUT2D eigenvalue weighted by Crippen LogP contribution is -2.37. The highest BCUT2D eigenvalue weighted by atomic mass is 16.6. The highest BCUT2D eigenvalue weighted by molar-refractivity contribution is 5.96. The fourth-order valence-electron chi connectivity index (χ4n) is 4.55. The summed E-state index contributed by atoms with van der Waals surface area (Å²) in [6.45, 7) is 0.726. The molecule has 1 unspecified atom stereocenters. The van der Waals surface area contributed by atoms with Crippen molar-refractivity contribution in [2.75, 3.05) is 6.61 Å². The summed E-state index contributed by atoms with van der Waals surface area (Å²) < 4.78 is 10.4. The molecule has 4 aromatic rings. The summed E-state index contributed by atoms with van der Waals surface area (Å²) in [6, 6.07) is 12.6. The molecule has 168 valence electrons. The molecule has 0 radical (unpaired) electrons. The Morgan fingerprint density at radius 2 is 1.82 bits per heavy atom. The largest absolute Gasteiger partial charge is 0.508 e. The van der Waals surface area contributed by atoms with Crippen LogP contribution >= 0.6 is 0 Å². The van der Waals surface area contributed by atoms with Gasteiger partial charge in [0.15, 0.2) is 0 Å². The molecule has 0 bridgehead atoms. The smallest absolute Gasteiger partial charge is 0.331 e. The van der Waals surface area contributed by atoms with Crippen molar-refractivity contribution in [3.63, 3.8) is 0 Å². The van der Waals surface area contributed by atoms with Crippen LogP contribution in [0.4, 0.5) is 5.69 Å². The lowest BCUT2D eigenvalue weighted by atomic mass is 10.0. The normalized spacial score (nSPS) is 15.5. The van der Waals surface area contributed by atoms with Crippen LogP contribution in [0.3, 0.4) is 0 Å². The van der Waals surface area contributed by atoms with Gasteiger partial charge in [0.1, 0.15) is 11.9 Å². The number of nitro groups is 1. The van der Waals surface area contributed by atoms with E-state index in [0.29, 0.717) is 41.0 Å². The van der Waals surface area contributed by atoms with E-state index in [9.17, 15) is 24.8 Å². The van der Waals surface area contributed by atoms with Gasteiger partial charge in [0.05, 0.1) is 33.8 Å². The second kappa shape index (κ2) is 7.45. The van der Waals surface area contributed by atoms with Crippen molar-refractivity contribution in [3.05, 3.63) is 90.7 Å². The van der Waals surface area contributed by atoms with Crippen LogP contribution in [0.15, 0.2) is 58.1 Å². The number of aromatic nitrogens is 3. The molecular formula is C23H20N4O6. The van der Waals surface area contributed by atoms with Crippen LogP contribution < -0.4 is 11.2 Å². The van der Waals surface area contributed by atoms with E-state index >= 15 is 0 Å². The lowest BCUT2D eigenvalue weighted by Gasteiger charge is -2.27. The second-order valence-electron chi connectivity index (χ2n) is 7.96. The zero-order valence-electron chi connectivity index (χ0n) is 17.9. The molecule has 10 heteroatoms. The van der Waals surface area contributed by atoms with E-state index in [0.717, 1.165) is 10.1 Å². The van der Waals surface area contributed by atoms with E-state index in [1.165, 1.54) is 23.7 Å². The van der Waals surface area contributed by atoms with E-state index in [1.54, 1.807) is 43.4 Å². The number of ether oxygens (including phenoxy) is 1. The number of hydrogen-bond acceptors (Lipinski definition) is 6. The monoisotopic (exact) mass is 448 g/mol. The Bertz CT molecular complexity index is 1540. The van der Waals surface area contributed by atoms with Crippen molar-refractivity contribution < 1.29 is 14.8 Å². The van der Waals surface area contributed by atoms with Crippen LogP contribution in [0.2, 0.25) is 0 Å². The molecule has 5 rings (SSSR count). The van der Waals surface area contributed by atoms with E-state index in [4.69, 9.17) is 4.74 Å². The topological polar surface area (TPSA) is 122 Å². The number of hydrogen-bond donors (Lipinski definition) is 1. The fraction of sp³-hybridized carbons (Fsp3) is 0.217. The first-order valence-corrected chi connectivity index (χ1v) is 10.3. The van der Waals surface area contributed by atoms with Gasteiger partial charge in [-0.1, -0.05) is 24.3 Å². The number of aryl methyl sites for hydroxylation is 1. The van der Waals surface area contributed by atoms with Crippen LogP contribution in [0.5, 0.6) is 5.75 Å². The summed E-state index contributed by atoms with van der Waals surface area (Å²) >= 11 is 0. The third-order valence-electron chi connectivity index (χ3n) is 6.08. The van der Waals surface area contributed by atoms with Crippen LogP contribution in [0, 0.1) is 10.1 Å². The molecule has 1 aliphatic rings. The number of phenolic OH excluding ortho intramolecular Hbond substituents is 1. The van der Waals surface area contributed by atoms with Crippen molar-refractivity contribution in [2.45, 2.75) is 12.6 Å². The van der Waals surface area contributed by atoms with Gasteiger partial charge in [0.2, 0.25) is 0 Å². The molecule has 0 aliphatic carbocycles. The van der Waals surface area contributed by atoms with Crippen LogP contribution in [0.25, 0.3) is 22.2 Å². The molecule has 1 atom stereocenters. The van der Waals surface area contributed by atoms with E-state index in [1.807, 2.05) is 4.57 Å². The number of nitrogens with zero attached hydrogens (tertiary/aromatic N) is 4. The Labute approximate surface area is 186 Å². The highest BCUT2D eigenvalue weighted by Gasteiger charge is 2.33. The fourth-order valence-corrected chi connectivity index (χ4v) is 4.55. The average Bonchev–Trinajstić information content (AvgIpc) is 3.17. The Hall–Kier alpha value is -4.18. The second-order valence-corrected chi connectivity index (χ2v) is 7.96. The van der Waals surface area contributed by atoms with Crippen molar-refractivity contribution in [3.8, 4) is 17.0 Å². The third kappa shape index (κ3) is 3.06. The minimum Gasteiger partial charge on any atom is -0.508 e. The minimum atomic E-state index is -0.605. The number of nitro benzene ring substituents is 1. The summed E-state index contributed by atoms with van der Waals surface area (Å²) in [6.07, 6.45) is -0.605. The molecule has 3 heterocycles. The van der Waals surface area contributed by atoms with Crippen molar-refractivity contribution in [2.24, 2.45) is 14.1 Å². The van der Waals surface area contributed by atoms with Gasteiger partial charge in [0.25, 0.3) is 11.2 Å². The molecule has 2 aromatic carbocycles. The molecule has 10 nitrogen and oxygen atoms in total. The molecular weight excluding hydrogens is 428 g/mol. The lowest BCUT2D eigenvalue weighted by molar-refractivity contribution is -0.384. The number of phenols is 1. The Kier molecular flexibility index (Phi) is 4.68. The molecule has 0 saturated heterocycles. The summed E-state index contributed by atoms with van der Waals surface area (Å²) in [5.74, 6) is 0.105. The number of non-ortho nitro benzene ring substituents is 1. The molecule has 2 aromatic heterocycles. The number of aromatic hydroxyl groups is 1. The standard InChI is InChI=1S/C23H20N4O6/c1-24-19-17(22(29)25(2)23(24)30)18(14-4-3-5-15(12-14)27(31)32)26-10-11-33-21(20(19)26)13-6-8-16(28)9-7-13/h3-9,12,21,28H,10-11H2,1-2H3. The predicted octanol–water partition coefficient (Wildman–Crippen LogP) is 2.44. The first-order chi connectivity index (χ1) is 15.8. The van der Waals surface area contributed by atoms with Gasteiger partial charge >= 0.3 is 5.69 Å². The highest BCUT2D eigenvalue weighted by Crippen LogP contribution is 2.41. The molecule has 0 fully saturated rings. The van der Waals surface area contributed by atoms with Crippen molar-refractivity contribution in [1.29, 1.82) is 0 Å². The van der Waals surface area contributed by atoms with E-state index in [2.05, 4.69) is 0 Å². The van der Waals surface area contributed by atoms with Crippen molar-refractivity contribution >= 4 is 16.6 Å². The Morgan fingerprint density at radius 1 is 1.09 bits per heavy atom. The maximum Gasteiger partial charge on any atom is 0.331 e. The van der Waals surface area contributed by atoms with Crippen molar-refractivity contribution in [1.82, 2.24) is 13.7 Å². The van der Waals surface area contributed by atoms with Gasteiger partial charge in [0, 0.05) is 38.3 Å². The number of benzene rings is 2. The summed E-state index contributed by atoms with van der Waals surface area (Å²) in [4.78, 5) is 37.1. The summed E-state index contributed by atoms with van der Waals surface area (Å²) in [5, 5.41) is 21.4. The van der Waals surface area contributed by atoms with Gasteiger partial charge in [-0.2, -0.15) is 0 Å². The van der Waals surface area contributed by atoms with Gasteiger partial charge in [-0.15, -0.1) is 0 Å². The SMILES string of the molecule is Cn1c(=O)c2c(-c3cccc([N+](=O)[O-])c3)n3c(c2n(C)c1=O)C(c1ccc(O)cc1)OCC3. The zero-order valence-corrected chi connectivity index (χ0v) is 17.9. The molecule has 0 spiro atoms. The van der Waals surface area contributed by atoms with Gasteiger partial charge in [-0.05, 0) is 17.7 Å². The molecule has 0 amide bonds. The average molecular weight is 448 g/mol. The Morgan fingerprint density at radius 3 is 2.52 bits per heavy atom. The summed E-state index contributed by atoms with van der Waals surface area (Å²) in [5.41, 5.74) is 1.71. The van der Waals surface area contributed by atoms with Crippen LogP contribution in [0.1, 0.15) is 17.4 Å². The van der Waals surface area contributed by atoms with Gasteiger partial charge in [-0.25, -0.2) is 4.79 Å². The maximum atomic E-state index is 13.3. The van der Waals surface area contributed by atoms with E-state index < -0.39 is 22.3 Å². The quantitative estimate of drug-likeness (QED) is 0.380. The first kappa shape index (κ1) is 20.7. The molecule has 33 heavy (non-hydrogen) atoms. The third-order valence-corrected chi connectivity index (χ3v) is 6.08. The Balaban J connectivity index is 1.93. The van der Waals surface area contributed by atoms with E-state index in [-0.39, 0.29) is 11.4 Å². The zero-order chi connectivity index (χ0) is 23.4. The maximum absolute atomic E-state index is 13.3. The molecule has 1 N–H and O–H groups in total. The first-order valence-electron chi connectivity index (χ1n) is 10.3. The molecule has 0 saturated carbocycles. The number of fused-ring (bicyclic) bond motifs is 3. The van der Waals surface area contributed by atoms with Crippen LogP contribution in [-0.4, -0.2) is 30.3 Å². The summed E-state index contributed by atoms with van der Waals surface area (Å²) in [7, 11) is 3.00.